The van der Waals surface area contributed by atoms with Crippen LogP contribution in [0.4, 0.5) is 5.69 Å². The summed E-state index contributed by atoms with van der Waals surface area (Å²) in [6.45, 7) is 4.64. The molecular formula is C17H19ClN2O. The van der Waals surface area contributed by atoms with Gasteiger partial charge >= 0.3 is 0 Å². The largest absolute Gasteiger partial charge is 0.398 e. The van der Waals surface area contributed by atoms with E-state index in [0.717, 1.165) is 5.56 Å². The van der Waals surface area contributed by atoms with Crippen molar-refractivity contribution in [3.05, 3.63) is 63.7 Å². The summed E-state index contributed by atoms with van der Waals surface area (Å²) in [5, 5.41) is 0.315. The average Bonchev–Trinajstić information content (AvgIpc) is 2.44. The van der Waals surface area contributed by atoms with E-state index in [4.69, 9.17) is 17.3 Å². The highest BCUT2D eigenvalue weighted by Gasteiger charge is 2.17. The highest BCUT2D eigenvalue weighted by atomic mass is 35.5. The Bertz CT molecular complexity index is 682. The van der Waals surface area contributed by atoms with Crippen LogP contribution in [0, 0.1) is 13.8 Å². The molecule has 3 nitrogen and oxygen atoms in total. The summed E-state index contributed by atoms with van der Waals surface area (Å²) in [6.07, 6.45) is 0. The van der Waals surface area contributed by atoms with E-state index in [9.17, 15) is 4.79 Å². The Balaban J connectivity index is 2.21. The van der Waals surface area contributed by atoms with Crippen LogP contribution in [0.2, 0.25) is 5.02 Å². The van der Waals surface area contributed by atoms with Crippen LogP contribution in [-0.2, 0) is 6.54 Å². The number of hydrogen-bond donors (Lipinski definition) is 1. The van der Waals surface area contributed by atoms with E-state index in [1.165, 1.54) is 11.1 Å². The summed E-state index contributed by atoms with van der Waals surface area (Å²) in [6, 6.07) is 11.3. The van der Waals surface area contributed by atoms with E-state index in [2.05, 4.69) is 19.1 Å². The van der Waals surface area contributed by atoms with E-state index in [0.29, 0.717) is 22.8 Å². The third-order valence-corrected chi connectivity index (χ3v) is 3.93. The minimum absolute atomic E-state index is 0.132. The molecule has 0 unspecified atom stereocenters. The minimum atomic E-state index is -0.132. The van der Waals surface area contributed by atoms with E-state index < -0.39 is 0 Å². The van der Waals surface area contributed by atoms with Crippen LogP contribution in [0.25, 0.3) is 0 Å². The van der Waals surface area contributed by atoms with Gasteiger partial charge in [-0.3, -0.25) is 4.79 Å². The second-order valence-electron chi connectivity index (χ2n) is 5.30. The maximum atomic E-state index is 12.5. The number of benzene rings is 2. The minimum Gasteiger partial charge on any atom is -0.398 e. The fraction of sp³-hybridized carbons (Fsp3) is 0.235. The molecule has 2 aromatic carbocycles. The number of rotatable bonds is 3. The lowest BCUT2D eigenvalue weighted by atomic mass is 10.1. The second-order valence-corrected chi connectivity index (χ2v) is 5.68. The van der Waals surface area contributed by atoms with Gasteiger partial charge in [-0.05, 0) is 37.1 Å². The van der Waals surface area contributed by atoms with Gasteiger partial charge in [-0.15, -0.1) is 0 Å². The van der Waals surface area contributed by atoms with E-state index in [-0.39, 0.29) is 5.91 Å². The first-order chi connectivity index (χ1) is 9.90. The summed E-state index contributed by atoms with van der Waals surface area (Å²) in [5.74, 6) is -0.132. The Kier molecular flexibility index (Phi) is 4.53. The van der Waals surface area contributed by atoms with Crippen molar-refractivity contribution in [3.63, 3.8) is 0 Å². The Labute approximate surface area is 130 Å². The van der Waals surface area contributed by atoms with Crippen molar-refractivity contribution in [1.82, 2.24) is 4.90 Å². The fourth-order valence-electron chi connectivity index (χ4n) is 2.27. The fourth-order valence-corrected chi connectivity index (χ4v) is 2.48. The van der Waals surface area contributed by atoms with Crippen molar-refractivity contribution in [3.8, 4) is 0 Å². The number of carbonyl (C=O) groups is 1. The summed E-state index contributed by atoms with van der Waals surface area (Å²) in [5.41, 5.74) is 10.1. The lowest BCUT2D eigenvalue weighted by Gasteiger charge is -2.19. The Morgan fingerprint density at radius 3 is 2.62 bits per heavy atom. The summed E-state index contributed by atoms with van der Waals surface area (Å²) >= 11 is 6.11. The third kappa shape index (κ3) is 3.37. The number of nitrogens with zero attached hydrogens (tertiary/aromatic N) is 1. The Morgan fingerprint density at radius 2 is 1.95 bits per heavy atom. The molecule has 0 aliphatic carbocycles. The van der Waals surface area contributed by atoms with Gasteiger partial charge in [0.2, 0.25) is 0 Å². The molecule has 0 radical (unpaired) electrons. The molecule has 2 N–H and O–H groups in total. The van der Waals surface area contributed by atoms with Gasteiger partial charge in [0.1, 0.15) is 0 Å². The first-order valence-electron chi connectivity index (χ1n) is 6.75. The van der Waals surface area contributed by atoms with Crippen molar-refractivity contribution in [2.45, 2.75) is 20.4 Å². The number of aryl methyl sites for hydroxylation is 2. The summed E-state index contributed by atoms with van der Waals surface area (Å²) in [4.78, 5) is 14.1. The van der Waals surface area contributed by atoms with Crippen LogP contribution in [0.15, 0.2) is 36.4 Å². The molecule has 2 rings (SSSR count). The molecule has 0 bridgehead atoms. The van der Waals surface area contributed by atoms with Crippen molar-refractivity contribution in [2.75, 3.05) is 12.8 Å². The highest BCUT2D eigenvalue weighted by molar-refractivity contribution is 6.36. The quantitative estimate of drug-likeness (QED) is 0.876. The molecular weight excluding hydrogens is 284 g/mol. The van der Waals surface area contributed by atoms with Crippen molar-refractivity contribution >= 4 is 23.2 Å². The van der Waals surface area contributed by atoms with Crippen molar-refractivity contribution in [2.24, 2.45) is 0 Å². The van der Waals surface area contributed by atoms with Crippen LogP contribution in [-0.4, -0.2) is 17.9 Å². The molecule has 4 heteroatoms. The topological polar surface area (TPSA) is 46.3 Å². The zero-order valence-electron chi connectivity index (χ0n) is 12.5. The van der Waals surface area contributed by atoms with Gasteiger partial charge in [-0.25, -0.2) is 0 Å². The second kappa shape index (κ2) is 6.19. The number of amides is 1. The van der Waals surface area contributed by atoms with Gasteiger partial charge < -0.3 is 10.6 Å². The molecule has 0 aliphatic heterocycles. The summed E-state index contributed by atoms with van der Waals surface area (Å²) < 4.78 is 0. The summed E-state index contributed by atoms with van der Waals surface area (Å²) in [7, 11) is 1.77. The number of nitrogen functional groups attached to an aromatic ring is 1. The molecule has 110 valence electrons. The zero-order chi connectivity index (χ0) is 15.6. The Hall–Kier alpha value is -2.00. The molecule has 0 aliphatic rings. The maximum Gasteiger partial charge on any atom is 0.255 e. The van der Waals surface area contributed by atoms with Gasteiger partial charge in [-0.2, -0.15) is 0 Å². The molecule has 0 atom stereocenters. The number of carbonyl (C=O) groups excluding carboxylic acids is 1. The third-order valence-electron chi connectivity index (χ3n) is 3.51. The molecule has 0 saturated carbocycles. The SMILES string of the molecule is Cc1ccc(CN(C)C(=O)c2cccc(N)c2Cl)c(C)c1. The molecule has 0 spiro atoms. The predicted molar refractivity (Wildman–Crippen MR) is 87.6 cm³/mol. The molecule has 0 fully saturated rings. The number of hydrogen-bond acceptors (Lipinski definition) is 2. The first kappa shape index (κ1) is 15.4. The molecule has 0 aromatic heterocycles. The molecule has 0 saturated heterocycles. The molecule has 1 amide bonds. The lowest BCUT2D eigenvalue weighted by Crippen LogP contribution is -2.27. The van der Waals surface area contributed by atoms with Crippen LogP contribution in [0.3, 0.4) is 0 Å². The van der Waals surface area contributed by atoms with Gasteiger partial charge in [0.15, 0.2) is 0 Å². The molecule has 0 heterocycles. The predicted octanol–water partition coefficient (Wildman–Crippen LogP) is 3.81. The van der Waals surface area contributed by atoms with Gasteiger partial charge in [0.05, 0.1) is 16.3 Å². The van der Waals surface area contributed by atoms with E-state index >= 15 is 0 Å². The van der Waals surface area contributed by atoms with Crippen LogP contribution in [0.1, 0.15) is 27.0 Å². The smallest absolute Gasteiger partial charge is 0.255 e. The van der Waals surface area contributed by atoms with Crippen LogP contribution in [0.5, 0.6) is 0 Å². The number of anilines is 1. The molecule has 21 heavy (non-hydrogen) atoms. The van der Waals surface area contributed by atoms with Crippen LogP contribution >= 0.6 is 11.6 Å². The normalized spacial score (nSPS) is 10.5. The van der Waals surface area contributed by atoms with E-state index in [1.807, 2.05) is 13.0 Å². The van der Waals surface area contributed by atoms with Crippen LogP contribution < -0.4 is 5.73 Å². The van der Waals surface area contributed by atoms with Crippen molar-refractivity contribution in [1.29, 1.82) is 0 Å². The Morgan fingerprint density at radius 1 is 1.24 bits per heavy atom. The van der Waals surface area contributed by atoms with Gasteiger partial charge in [-0.1, -0.05) is 41.4 Å². The van der Waals surface area contributed by atoms with Gasteiger partial charge in [0, 0.05) is 13.6 Å². The van der Waals surface area contributed by atoms with Crippen molar-refractivity contribution < 1.29 is 4.79 Å². The maximum absolute atomic E-state index is 12.5. The standard InChI is InChI=1S/C17H19ClN2O/c1-11-7-8-13(12(2)9-11)10-20(3)17(21)14-5-4-6-15(19)16(14)18/h4-9H,10,19H2,1-3H3. The molecule has 2 aromatic rings. The van der Waals surface area contributed by atoms with Gasteiger partial charge in [0.25, 0.3) is 5.91 Å². The highest BCUT2D eigenvalue weighted by Crippen LogP contribution is 2.24. The lowest BCUT2D eigenvalue weighted by molar-refractivity contribution is 0.0785. The average molecular weight is 303 g/mol. The first-order valence-corrected chi connectivity index (χ1v) is 7.13. The number of nitrogens with two attached hydrogens (primary N) is 1. The van der Waals surface area contributed by atoms with E-state index in [1.54, 1.807) is 30.1 Å². The monoisotopic (exact) mass is 302 g/mol. The number of halogens is 1. The zero-order valence-corrected chi connectivity index (χ0v) is 13.2.